The summed E-state index contributed by atoms with van der Waals surface area (Å²) in [6, 6.07) is 4.82. The molecule has 7 heteroatoms. The van der Waals surface area contributed by atoms with E-state index in [0.717, 1.165) is 12.1 Å². The number of nitrogens with two attached hydrogens (primary N) is 1. The maximum absolute atomic E-state index is 12.6. The standard InChI is InChI=1S/C9H8FN5O/c10-5-1-2-6(8(16)3-5)14-15-7(4-11)9(12)13/h1-3,14,16H,(H3,12,13)/b15-7+. The lowest BCUT2D eigenvalue weighted by Gasteiger charge is -2.03. The number of nitrogens with one attached hydrogen (secondary N) is 2. The normalized spacial score (nSPS) is 10.6. The van der Waals surface area contributed by atoms with Gasteiger partial charge in [-0.15, -0.1) is 0 Å². The van der Waals surface area contributed by atoms with E-state index < -0.39 is 11.7 Å². The topological polar surface area (TPSA) is 118 Å². The third-order valence-corrected chi connectivity index (χ3v) is 1.61. The molecule has 0 aliphatic carbocycles. The fourth-order valence-corrected chi connectivity index (χ4v) is 0.861. The van der Waals surface area contributed by atoms with Crippen LogP contribution >= 0.6 is 0 Å². The van der Waals surface area contributed by atoms with Gasteiger partial charge in [-0.2, -0.15) is 10.4 Å². The Balaban J connectivity index is 2.90. The molecular weight excluding hydrogens is 213 g/mol. The van der Waals surface area contributed by atoms with Gasteiger partial charge in [0.15, 0.2) is 5.84 Å². The molecule has 0 atom stereocenters. The molecule has 1 rings (SSSR count). The molecule has 0 unspecified atom stereocenters. The van der Waals surface area contributed by atoms with E-state index in [0.29, 0.717) is 0 Å². The summed E-state index contributed by atoms with van der Waals surface area (Å²) < 4.78 is 12.6. The number of benzene rings is 1. The molecule has 0 aliphatic rings. The van der Waals surface area contributed by atoms with Gasteiger partial charge >= 0.3 is 0 Å². The predicted molar refractivity (Wildman–Crippen MR) is 56.6 cm³/mol. The van der Waals surface area contributed by atoms with Crippen LogP contribution in [-0.4, -0.2) is 16.7 Å². The maximum Gasteiger partial charge on any atom is 0.201 e. The fourth-order valence-electron chi connectivity index (χ4n) is 0.861. The van der Waals surface area contributed by atoms with E-state index >= 15 is 0 Å². The van der Waals surface area contributed by atoms with Gasteiger partial charge in [-0.3, -0.25) is 10.8 Å². The van der Waals surface area contributed by atoms with Crippen molar-refractivity contribution in [2.45, 2.75) is 0 Å². The summed E-state index contributed by atoms with van der Waals surface area (Å²) in [6.07, 6.45) is 0. The van der Waals surface area contributed by atoms with Crippen molar-refractivity contribution in [1.29, 1.82) is 10.7 Å². The molecule has 5 N–H and O–H groups in total. The predicted octanol–water partition coefficient (Wildman–Crippen LogP) is 0.759. The number of nitriles is 1. The number of phenolic OH excluding ortho intramolecular Hbond substituents is 1. The number of anilines is 1. The Morgan fingerprint density at radius 3 is 2.81 bits per heavy atom. The first-order chi connectivity index (χ1) is 7.54. The first-order valence-corrected chi connectivity index (χ1v) is 4.11. The molecule has 0 radical (unpaired) electrons. The number of hydrogen-bond donors (Lipinski definition) is 4. The summed E-state index contributed by atoms with van der Waals surface area (Å²) in [5.74, 6) is -1.46. The Bertz CT molecular complexity index is 491. The number of aromatic hydroxyl groups is 1. The largest absolute Gasteiger partial charge is 0.506 e. The molecule has 0 aliphatic heterocycles. The number of nitrogens with zero attached hydrogens (tertiary/aromatic N) is 2. The first-order valence-electron chi connectivity index (χ1n) is 4.11. The third-order valence-electron chi connectivity index (χ3n) is 1.61. The average Bonchev–Trinajstić information content (AvgIpc) is 2.21. The molecule has 0 heterocycles. The van der Waals surface area contributed by atoms with Crippen LogP contribution in [0.25, 0.3) is 0 Å². The van der Waals surface area contributed by atoms with Gasteiger partial charge in [0.1, 0.15) is 17.6 Å². The fraction of sp³-hybridized carbons (Fsp3) is 0. The van der Waals surface area contributed by atoms with Crippen LogP contribution in [0.4, 0.5) is 10.1 Å². The smallest absolute Gasteiger partial charge is 0.201 e. The zero-order valence-electron chi connectivity index (χ0n) is 8.03. The highest BCUT2D eigenvalue weighted by atomic mass is 19.1. The second-order valence-electron chi connectivity index (χ2n) is 2.76. The van der Waals surface area contributed by atoms with E-state index in [9.17, 15) is 9.50 Å². The van der Waals surface area contributed by atoms with Crippen LogP contribution in [-0.2, 0) is 0 Å². The van der Waals surface area contributed by atoms with Crippen molar-refractivity contribution in [2.24, 2.45) is 10.8 Å². The van der Waals surface area contributed by atoms with Crippen molar-refractivity contribution in [3.05, 3.63) is 24.0 Å². The quantitative estimate of drug-likeness (QED) is 0.261. The lowest BCUT2D eigenvalue weighted by atomic mass is 10.3. The van der Waals surface area contributed by atoms with Gasteiger partial charge in [-0.1, -0.05) is 0 Å². The molecule has 6 nitrogen and oxygen atoms in total. The molecule has 0 amide bonds. The van der Waals surface area contributed by atoms with Crippen molar-refractivity contribution in [1.82, 2.24) is 0 Å². The molecule has 1 aromatic carbocycles. The summed E-state index contributed by atoms with van der Waals surface area (Å²) in [7, 11) is 0. The first kappa shape index (κ1) is 11.5. The monoisotopic (exact) mass is 221 g/mol. The Morgan fingerprint density at radius 2 is 2.31 bits per heavy atom. The van der Waals surface area contributed by atoms with E-state index in [4.69, 9.17) is 16.4 Å². The average molecular weight is 221 g/mol. The zero-order chi connectivity index (χ0) is 12.1. The molecule has 16 heavy (non-hydrogen) atoms. The SMILES string of the molecule is N#C/C(=N\Nc1ccc(F)cc1O)C(=N)N. The lowest BCUT2D eigenvalue weighted by Crippen LogP contribution is -2.21. The summed E-state index contributed by atoms with van der Waals surface area (Å²) in [4.78, 5) is 0. The molecule has 0 spiro atoms. The van der Waals surface area contributed by atoms with Gasteiger partial charge < -0.3 is 10.8 Å². The summed E-state index contributed by atoms with van der Waals surface area (Å²) in [6.45, 7) is 0. The van der Waals surface area contributed by atoms with E-state index in [1.54, 1.807) is 6.07 Å². The molecule has 1 aromatic rings. The van der Waals surface area contributed by atoms with Crippen LogP contribution < -0.4 is 11.2 Å². The van der Waals surface area contributed by atoms with Gasteiger partial charge in [-0.05, 0) is 12.1 Å². The van der Waals surface area contributed by atoms with Gasteiger partial charge in [0.2, 0.25) is 5.71 Å². The van der Waals surface area contributed by atoms with E-state index in [-0.39, 0.29) is 17.1 Å². The molecule has 0 aromatic heterocycles. The van der Waals surface area contributed by atoms with Crippen molar-refractivity contribution in [2.75, 3.05) is 5.43 Å². The highest BCUT2D eigenvalue weighted by Crippen LogP contribution is 2.23. The number of hydrazone groups is 1. The molecule has 0 saturated carbocycles. The Morgan fingerprint density at radius 1 is 1.62 bits per heavy atom. The van der Waals surface area contributed by atoms with Crippen molar-refractivity contribution in [3.63, 3.8) is 0 Å². The van der Waals surface area contributed by atoms with Crippen LogP contribution in [0.5, 0.6) is 5.75 Å². The van der Waals surface area contributed by atoms with Crippen molar-refractivity contribution in [3.8, 4) is 11.8 Å². The van der Waals surface area contributed by atoms with Crippen LogP contribution in [0.1, 0.15) is 0 Å². The molecule has 0 saturated heterocycles. The highest BCUT2D eigenvalue weighted by molar-refractivity contribution is 6.45. The van der Waals surface area contributed by atoms with Gasteiger partial charge in [0.05, 0.1) is 5.69 Å². The summed E-state index contributed by atoms with van der Waals surface area (Å²) in [5, 5.41) is 28.2. The van der Waals surface area contributed by atoms with Crippen molar-refractivity contribution < 1.29 is 9.50 Å². The van der Waals surface area contributed by atoms with E-state index in [1.807, 2.05) is 0 Å². The van der Waals surface area contributed by atoms with Crippen LogP contribution in [0, 0.1) is 22.6 Å². The minimum Gasteiger partial charge on any atom is -0.506 e. The second kappa shape index (κ2) is 4.75. The molecule has 0 fully saturated rings. The number of halogens is 1. The van der Waals surface area contributed by atoms with E-state index in [1.165, 1.54) is 6.07 Å². The molecule has 0 bridgehead atoms. The van der Waals surface area contributed by atoms with E-state index in [2.05, 4.69) is 10.5 Å². The van der Waals surface area contributed by atoms with Crippen LogP contribution in [0.2, 0.25) is 0 Å². The lowest BCUT2D eigenvalue weighted by molar-refractivity contribution is 0.471. The number of amidine groups is 1. The van der Waals surface area contributed by atoms with Gasteiger partial charge in [0.25, 0.3) is 0 Å². The zero-order valence-corrected chi connectivity index (χ0v) is 8.03. The second-order valence-corrected chi connectivity index (χ2v) is 2.76. The summed E-state index contributed by atoms with van der Waals surface area (Å²) in [5.41, 5.74) is 7.12. The highest BCUT2D eigenvalue weighted by Gasteiger charge is 2.04. The Hall–Kier alpha value is -2.62. The van der Waals surface area contributed by atoms with Gasteiger partial charge in [0, 0.05) is 6.07 Å². The molecular formula is C9H8FN5O. The molecule has 82 valence electrons. The third kappa shape index (κ3) is 2.68. The van der Waals surface area contributed by atoms with Crippen LogP contribution in [0.3, 0.4) is 0 Å². The van der Waals surface area contributed by atoms with Gasteiger partial charge in [-0.25, -0.2) is 4.39 Å². The minimum absolute atomic E-state index is 0.107. The van der Waals surface area contributed by atoms with Crippen molar-refractivity contribution >= 4 is 17.2 Å². The Labute approximate surface area is 90.3 Å². The summed E-state index contributed by atoms with van der Waals surface area (Å²) >= 11 is 0. The Kier molecular flexibility index (Phi) is 3.40. The number of rotatable bonds is 3. The number of hydrogen-bond acceptors (Lipinski definition) is 5. The maximum atomic E-state index is 12.6. The minimum atomic E-state index is -0.598. The van der Waals surface area contributed by atoms with Crippen LogP contribution in [0.15, 0.2) is 23.3 Å². The number of phenols is 1.